The van der Waals surface area contributed by atoms with Crippen LogP contribution >= 0.6 is 11.3 Å². The molecular formula is C14H21N3O3S. The molecule has 0 bridgehead atoms. The summed E-state index contributed by atoms with van der Waals surface area (Å²) in [5.74, 6) is -1.69. The van der Waals surface area contributed by atoms with Crippen molar-refractivity contribution in [3.63, 3.8) is 0 Å². The molecule has 2 N–H and O–H groups in total. The van der Waals surface area contributed by atoms with Gasteiger partial charge in [0.15, 0.2) is 0 Å². The van der Waals surface area contributed by atoms with E-state index in [0.29, 0.717) is 23.9 Å². The first kappa shape index (κ1) is 15.9. The molecule has 1 heterocycles. The van der Waals surface area contributed by atoms with Crippen molar-refractivity contribution < 1.29 is 14.7 Å². The highest BCUT2D eigenvalue weighted by Crippen LogP contribution is 2.31. The Balaban J connectivity index is 1.99. The second-order valence-corrected chi connectivity index (χ2v) is 6.99. The van der Waals surface area contributed by atoms with Gasteiger partial charge in [0.1, 0.15) is 5.01 Å². The van der Waals surface area contributed by atoms with Gasteiger partial charge in [0.2, 0.25) is 11.0 Å². The second kappa shape index (κ2) is 6.98. The molecule has 1 aromatic rings. The molecule has 6 nitrogen and oxygen atoms in total. The maximum absolute atomic E-state index is 12.3. The number of carboxylic acid groups (broad SMARTS) is 1. The van der Waals surface area contributed by atoms with E-state index in [1.54, 1.807) is 0 Å². The van der Waals surface area contributed by atoms with Gasteiger partial charge in [-0.25, -0.2) is 0 Å². The Hall–Kier alpha value is -1.50. The van der Waals surface area contributed by atoms with Gasteiger partial charge in [-0.1, -0.05) is 38.0 Å². The van der Waals surface area contributed by atoms with E-state index in [0.717, 1.165) is 24.3 Å². The lowest BCUT2D eigenvalue weighted by Gasteiger charge is -2.26. The number of rotatable bonds is 5. The monoisotopic (exact) mass is 311 g/mol. The first-order valence-corrected chi connectivity index (χ1v) is 8.15. The SMILES string of the molecule is CC(C)Cc1nnc(NC(=O)[C@@H]2CCCC[C@@H]2C(=O)O)s1. The minimum absolute atomic E-state index is 0.241. The number of aliphatic carboxylic acids is 1. The predicted octanol–water partition coefficient (Wildman–Crippen LogP) is 2.57. The van der Waals surface area contributed by atoms with E-state index in [1.807, 2.05) is 0 Å². The lowest BCUT2D eigenvalue weighted by Crippen LogP contribution is -2.36. The lowest BCUT2D eigenvalue weighted by molar-refractivity contribution is -0.147. The van der Waals surface area contributed by atoms with E-state index in [1.165, 1.54) is 11.3 Å². The zero-order chi connectivity index (χ0) is 15.4. The number of hydrogen-bond donors (Lipinski definition) is 2. The van der Waals surface area contributed by atoms with Crippen LogP contribution in [0.1, 0.15) is 44.5 Å². The molecule has 2 rings (SSSR count). The van der Waals surface area contributed by atoms with Crippen molar-refractivity contribution in [1.29, 1.82) is 0 Å². The van der Waals surface area contributed by atoms with Gasteiger partial charge in [0.05, 0.1) is 11.8 Å². The van der Waals surface area contributed by atoms with Gasteiger partial charge in [-0.05, 0) is 18.8 Å². The van der Waals surface area contributed by atoms with Crippen molar-refractivity contribution in [2.24, 2.45) is 17.8 Å². The molecule has 0 aromatic carbocycles. The van der Waals surface area contributed by atoms with Crippen LogP contribution in [0.15, 0.2) is 0 Å². The Kier molecular flexibility index (Phi) is 5.27. The molecule has 0 aliphatic heterocycles. The molecule has 0 saturated heterocycles. The standard InChI is InChI=1S/C14H21N3O3S/c1-8(2)7-11-16-17-14(21-11)15-12(18)9-5-3-4-6-10(9)13(19)20/h8-10H,3-7H2,1-2H3,(H,19,20)(H,15,17,18)/t9-,10+/m1/s1. The predicted molar refractivity (Wildman–Crippen MR) is 80.2 cm³/mol. The summed E-state index contributed by atoms with van der Waals surface area (Å²) in [4.78, 5) is 23.5. The number of amides is 1. The first-order chi connectivity index (χ1) is 9.97. The molecule has 0 unspecified atom stereocenters. The third kappa shape index (κ3) is 4.23. The maximum atomic E-state index is 12.3. The summed E-state index contributed by atoms with van der Waals surface area (Å²) in [6.45, 7) is 4.19. The molecule has 1 aliphatic carbocycles. The van der Waals surface area contributed by atoms with Crippen LogP contribution in [0, 0.1) is 17.8 Å². The molecular weight excluding hydrogens is 290 g/mol. The van der Waals surface area contributed by atoms with Gasteiger partial charge < -0.3 is 10.4 Å². The van der Waals surface area contributed by atoms with Gasteiger partial charge >= 0.3 is 5.97 Å². The van der Waals surface area contributed by atoms with Crippen LogP contribution in [0.2, 0.25) is 0 Å². The molecule has 2 atom stereocenters. The molecule has 1 saturated carbocycles. The summed E-state index contributed by atoms with van der Waals surface area (Å²) in [5, 5.41) is 21.3. The van der Waals surface area contributed by atoms with Crippen molar-refractivity contribution in [1.82, 2.24) is 10.2 Å². The minimum atomic E-state index is -0.882. The van der Waals surface area contributed by atoms with Crippen molar-refractivity contribution in [2.75, 3.05) is 5.32 Å². The first-order valence-electron chi connectivity index (χ1n) is 7.33. The largest absolute Gasteiger partial charge is 0.481 e. The molecule has 21 heavy (non-hydrogen) atoms. The van der Waals surface area contributed by atoms with E-state index >= 15 is 0 Å². The Morgan fingerprint density at radius 1 is 1.29 bits per heavy atom. The number of hydrogen-bond acceptors (Lipinski definition) is 5. The Morgan fingerprint density at radius 3 is 2.57 bits per heavy atom. The van der Waals surface area contributed by atoms with Crippen LogP contribution < -0.4 is 5.32 Å². The number of anilines is 1. The van der Waals surface area contributed by atoms with E-state index in [-0.39, 0.29) is 5.91 Å². The summed E-state index contributed by atoms with van der Waals surface area (Å²) in [6.07, 6.45) is 3.80. The fourth-order valence-corrected chi connectivity index (χ4v) is 3.63. The van der Waals surface area contributed by atoms with Gasteiger partial charge in [-0.3, -0.25) is 9.59 Å². The Labute approximate surface area is 128 Å². The van der Waals surface area contributed by atoms with Crippen LogP contribution in [0.3, 0.4) is 0 Å². The van der Waals surface area contributed by atoms with Gasteiger partial charge in [0, 0.05) is 6.42 Å². The van der Waals surface area contributed by atoms with Crippen LogP contribution in [-0.4, -0.2) is 27.2 Å². The molecule has 1 fully saturated rings. The highest BCUT2D eigenvalue weighted by atomic mass is 32.1. The van der Waals surface area contributed by atoms with Crippen molar-refractivity contribution >= 4 is 28.3 Å². The summed E-state index contributed by atoms with van der Waals surface area (Å²) >= 11 is 1.36. The number of aromatic nitrogens is 2. The summed E-state index contributed by atoms with van der Waals surface area (Å²) in [7, 11) is 0. The number of carbonyl (C=O) groups excluding carboxylic acids is 1. The summed E-state index contributed by atoms with van der Waals surface area (Å²) < 4.78 is 0. The zero-order valence-electron chi connectivity index (χ0n) is 12.3. The van der Waals surface area contributed by atoms with Crippen molar-refractivity contribution in [3.8, 4) is 0 Å². The average Bonchev–Trinajstić information content (AvgIpc) is 2.85. The van der Waals surface area contributed by atoms with Gasteiger partial charge in [-0.15, -0.1) is 10.2 Å². The van der Waals surface area contributed by atoms with E-state index in [2.05, 4.69) is 29.4 Å². The number of carbonyl (C=O) groups is 2. The molecule has 0 radical (unpaired) electrons. The van der Waals surface area contributed by atoms with Crippen LogP contribution in [-0.2, 0) is 16.0 Å². The quantitative estimate of drug-likeness (QED) is 0.872. The molecule has 0 spiro atoms. The second-order valence-electron chi connectivity index (χ2n) is 5.92. The molecule has 7 heteroatoms. The van der Waals surface area contributed by atoms with E-state index in [4.69, 9.17) is 0 Å². The molecule has 1 amide bonds. The number of carboxylic acids is 1. The third-order valence-corrected chi connectivity index (χ3v) is 4.56. The lowest BCUT2D eigenvalue weighted by atomic mass is 9.79. The Bertz CT molecular complexity index is 515. The van der Waals surface area contributed by atoms with Gasteiger partial charge in [0.25, 0.3) is 0 Å². The topological polar surface area (TPSA) is 92.2 Å². The average molecular weight is 311 g/mol. The van der Waals surface area contributed by atoms with Crippen LogP contribution in [0.4, 0.5) is 5.13 Å². The number of nitrogens with one attached hydrogen (secondary N) is 1. The maximum Gasteiger partial charge on any atom is 0.307 e. The molecule has 116 valence electrons. The zero-order valence-corrected chi connectivity index (χ0v) is 13.2. The summed E-state index contributed by atoms with van der Waals surface area (Å²) in [6, 6.07) is 0. The van der Waals surface area contributed by atoms with Crippen molar-refractivity contribution in [3.05, 3.63) is 5.01 Å². The fraction of sp³-hybridized carbons (Fsp3) is 0.714. The third-order valence-electron chi connectivity index (χ3n) is 3.70. The molecule has 1 aromatic heterocycles. The van der Waals surface area contributed by atoms with Crippen LogP contribution in [0.25, 0.3) is 0 Å². The highest BCUT2D eigenvalue weighted by molar-refractivity contribution is 7.15. The van der Waals surface area contributed by atoms with Crippen molar-refractivity contribution in [2.45, 2.75) is 46.0 Å². The summed E-state index contributed by atoms with van der Waals surface area (Å²) in [5.41, 5.74) is 0. The normalized spacial score (nSPS) is 22.2. The smallest absolute Gasteiger partial charge is 0.307 e. The highest BCUT2D eigenvalue weighted by Gasteiger charge is 2.36. The minimum Gasteiger partial charge on any atom is -0.481 e. The van der Waals surface area contributed by atoms with Gasteiger partial charge in [-0.2, -0.15) is 0 Å². The van der Waals surface area contributed by atoms with E-state index in [9.17, 15) is 14.7 Å². The number of nitrogens with zero attached hydrogens (tertiary/aromatic N) is 2. The Morgan fingerprint density at radius 2 is 1.95 bits per heavy atom. The van der Waals surface area contributed by atoms with E-state index < -0.39 is 17.8 Å². The molecule has 1 aliphatic rings. The fourth-order valence-electron chi connectivity index (χ4n) is 2.67. The van der Waals surface area contributed by atoms with Crippen LogP contribution in [0.5, 0.6) is 0 Å².